The summed E-state index contributed by atoms with van der Waals surface area (Å²) in [7, 11) is 0. The van der Waals surface area contributed by atoms with Crippen LogP contribution in [-0.4, -0.2) is 30.8 Å². The van der Waals surface area contributed by atoms with E-state index in [2.05, 4.69) is 10.0 Å². The smallest absolute Gasteiger partial charge is 0.187 e. The molecule has 0 radical (unpaired) electrons. The Morgan fingerprint density at radius 1 is 1.43 bits per heavy atom. The molecule has 6 nitrogen and oxygen atoms in total. The third-order valence-electron chi connectivity index (χ3n) is 2.36. The van der Waals surface area contributed by atoms with Crippen LogP contribution < -0.4 is 0 Å². The summed E-state index contributed by atoms with van der Waals surface area (Å²) in [5.41, 5.74) is 8.39. The first kappa shape index (κ1) is 9.73. The van der Waals surface area contributed by atoms with E-state index in [4.69, 9.17) is 19.7 Å². The van der Waals surface area contributed by atoms with Gasteiger partial charge in [0.2, 0.25) is 0 Å². The number of azide groups is 1. The average molecular weight is 199 g/mol. The van der Waals surface area contributed by atoms with Gasteiger partial charge in [-0.1, -0.05) is 5.11 Å². The summed E-state index contributed by atoms with van der Waals surface area (Å²) in [5, 5.41) is 3.69. The molecule has 0 aliphatic carbocycles. The molecule has 2 fully saturated rings. The Morgan fingerprint density at radius 2 is 2.21 bits per heavy atom. The topological polar surface area (TPSA) is 76.5 Å². The van der Waals surface area contributed by atoms with Gasteiger partial charge in [0, 0.05) is 4.91 Å². The zero-order valence-corrected chi connectivity index (χ0v) is 8.21. The van der Waals surface area contributed by atoms with Gasteiger partial charge in [-0.05, 0) is 25.8 Å². The molecule has 0 unspecified atom stereocenters. The molecule has 0 N–H and O–H groups in total. The van der Waals surface area contributed by atoms with Crippen LogP contribution in [0.15, 0.2) is 5.11 Å². The van der Waals surface area contributed by atoms with Gasteiger partial charge in [-0.2, -0.15) is 0 Å². The SMILES string of the molecule is CC1(C)O[C@H]2OCC[C@H](N=[N+]=[N-])[C@@H]2O1. The summed E-state index contributed by atoms with van der Waals surface area (Å²) in [6, 6.07) is -0.180. The van der Waals surface area contributed by atoms with Gasteiger partial charge in [-0.25, -0.2) is 0 Å². The highest BCUT2D eigenvalue weighted by atomic mass is 16.8. The molecule has 2 aliphatic rings. The largest absolute Gasteiger partial charge is 0.350 e. The van der Waals surface area contributed by atoms with Gasteiger partial charge in [-0.15, -0.1) is 0 Å². The van der Waals surface area contributed by atoms with Crippen molar-refractivity contribution in [3.05, 3.63) is 10.4 Å². The third-order valence-corrected chi connectivity index (χ3v) is 2.36. The molecule has 14 heavy (non-hydrogen) atoms. The Bertz CT molecular complexity index is 275. The minimum absolute atomic E-state index is 0.180. The molecule has 2 rings (SSSR count). The van der Waals surface area contributed by atoms with Crippen molar-refractivity contribution >= 4 is 0 Å². The fourth-order valence-corrected chi connectivity index (χ4v) is 1.81. The second kappa shape index (κ2) is 3.40. The fourth-order valence-electron chi connectivity index (χ4n) is 1.81. The summed E-state index contributed by atoms with van der Waals surface area (Å²) in [6.45, 7) is 4.19. The van der Waals surface area contributed by atoms with E-state index in [1.165, 1.54) is 0 Å². The van der Waals surface area contributed by atoms with E-state index in [9.17, 15) is 0 Å². The van der Waals surface area contributed by atoms with Crippen molar-refractivity contribution in [3.63, 3.8) is 0 Å². The Kier molecular flexibility index (Phi) is 2.36. The van der Waals surface area contributed by atoms with E-state index in [0.717, 1.165) is 0 Å². The maximum absolute atomic E-state index is 8.39. The summed E-state index contributed by atoms with van der Waals surface area (Å²) < 4.78 is 16.5. The highest BCUT2D eigenvalue weighted by Gasteiger charge is 2.47. The van der Waals surface area contributed by atoms with Crippen LogP contribution in [-0.2, 0) is 14.2 Å². The molecule has 2 heterocycles. The van der Waals surface area contributed by atoms with Gasteiger partial charge in [0.1, 0.15) is 6.10 Å². The van der Waals surface area contributed by atoms with Gasteiger partial charge < -0.3 is 14.2 Å². The average Bonchev–Trinajstić information content (AvgIpc) is 2.41. The molecule has 2 saturated heterocycles. The molecule has 0 aromatic carbocycles. The van der Waals surface area contributed by atoms with E-state index in [-0.39, 0.29) is 12.1 Å². The number of fused-ring (bicyclic) bond motifs is 1. The first-order valence-electron chi connectivity index (χ1n) is 4.64. The summed E-state index contributed by atoms with van der Waals surface area (Å²) in [5.74, 6) is -0.650. The molecule has 2 aliphatic heterocycles. The van der Waals surface area contributed by atoms with Crippen molar-refractivity contribution in [2.45, 2.75) is 44.5 Å². The lowest BCUT2D eigenvalue weighted by molar-refractivity contribution is -0.191. The van der Waals surface area contributed by atoms with Crippen molar-refractivity contribution in [2.24, 2.45) is 5.11 Å². The van der Waals surface area contributed by atoms with Crippen molar-refractivity contribution < 1.29 is 14.2 Å². The first-order valence-corrected chi connectivity index (χ1v) is 4.64. The number of nitrogens with zero attached hydrogens (tertiary/aromatic N) is 3. The molecular weight excluding hydrogens is 186 g/mol. The zero-order chi connectivity index (χ0) is 10.2. The second-order valence-corrected chi connectivity index (χ2v) is 3.90. The van der Waals surface area contributed by atoms with Crippen molar-refractivity contribution in [1.29, 1.82) is 0 Å². The monoisotopic (exact) mass is 199 g/mol. The normalized spacial score (nSPS) is 40.0. The van der Waals surface area contributed by atoms with E-state index < -0.39 is 12.1 Å². The van der Waals surface area contributed by atoms with Gasteiger partial charge in [0.25, 0.3) is 0 Å². The maximum atomic E-state index is 8.39. The Balaban J connectivity index is 2.14. The lowest BCUT2D eigenvalue weighted by atomic mass is 10.1. The van der Waals surface area contributed by atoms with E-state index in [1.54, 1.807) is 0 Å². The lowest BCUT2D eigenvalue weighted by Crippen LogP contribution is -2.41. The van der Waals surface area contributed by atoms with E-state index >= 15 is 0 Å². The van der Waals surface area contributed by atoms with Crippen LogP contribution in [0.2, 0.25) is 0 Å². The highest BCUT2D eigenvalue weighted by Crippen LogP contribution is 2.35. The Hall–Kier alpha value is -0.810. The lowest BCUT2D eigenvalue weighted by Gasteiger charge is -2.27. The zero-order valence-electron chi connectivity index (χ0n) is 8.21. The molecule has 0 saturated carbocycles. The maximum Gasteiger partial charge on any atom is 0.187 e. The molecule has 0 aromatic heterocycles. The molecule has 0 spiro atoms. The predicted octanol–water partition coefficient (Wildman–Crippen LogP) is 1.56. The molecule has 3 atom stereocenters. The third kappa shape index (κ3) is 1.69. The minimum atomic E-state index is -0.650. The quantitative estimate of drug-likeness (QED) is 0.365. The Morgan fingerprint density at radius 3 is 2.93 bits per heavy atom. The van der Waals surface area contributed by atoms with Crippen LogP contribution in [0.25, 0.3) is 10.4 Å². The van der Waals surface area contributed by atoms with Crippen LogP contribution in [0.1, 0.15) is 20.3 Å². The number of hydrogen-bond acceptors (Lipinski definition) is 4. The minimum Gasteiger partial charge on any atom is -0.350 e. The van der Waals surface area contributed by atoms with Gasteiger partial charge in [0.05, 0.1) is 12.6 Å². The molecule has 78 valence electrons. The predicted molar refractivity (Wildman–Crippen MR) is 47.3 cm³/mol. The van der Waals surface area contributed by atoms with Gasteiger partial charge in [0.15, 0.2) is 12.1 Å². The summed E-state index contributed by atoms with van der Waals surface area (Å²) in [4.78, 5) is 2.80. The molecule has 6 heteroatoms. The molecule has 0 bridgehead atoms. The summed E-state index contributed by atoms with van der Waals surface area (Å²) in [6.07, 6.45) is 0.0221. The molecule has 0 amide bonds. The van der Waals surface area contributed by atoms with Gasteiger partial charge in [-0.3, -0.25) is 0 Å². The molecular formula is C8H13N3O3. The number of ether oxygens (including phenoxy) is 3. The fraction of sp³-hybridized carbons (Fsp3) is 1.00. The van der Waals surface area contributed by atoms with Crippen LogP contribution in [0.3, 0.4) is 0 Å². The van der Waals surface area contributed by atoms with Crippen molar-refractivity contribution in [3.8, 4) is 0 Å². The summed E-state index contributed by atoms with van der Waals surface area (Å²) >= 11 is 0. The van der Waals surface area contributed by atoms with Crippen LogP contribution in [0, 0.1) is 0 Å². The van der Waals surface area contributed by atoms with Gasteiger partial charge >= 0.3 is 0 Å². The second-order valence-electron chi connectivity index (χ2n) is 3.90. The standard InChI is InChI=1S/C8H13N3O3/c1-8(2)13-6-5(10-11-9)3-4-12-7(6)14-8/h5-7H,3-4H2,1-2H3/t5-,6-,7+/m0/s1. The number of rotatable bonds is 1. The van der Waals surface area contributed by atoms with Crippen molar-refractivity contribution in [2.75, 3.05) is 6.61 Å². The van der Waals surface area contributed by atoms with Crippen LogP contribution >= 0.6 is 0 Å². The highest BCUT2D eigenvalue weighted by molar-refractivity contribution is 4.89. The number of hydrogen-bond donors (Lipinski definition) is 0. The van der Waals surface area contributed by atoms with Crippen LogP contribution in [0.5, 0.6) is 0 Å². The van der Waals surface area contributed by atoms with E-state index in [1.807, 2.05) is 13.8 Å². The Labute approximate surface area is 81.8 Å². The van der Waals surface area contributed by atoms with E-state index in [0.29, 0.717) is 13.0 Å². The van der Waals surface area contributed by atoms with Crippen LogP contribution in [0.4, 0.5) is 0 Å². The molecule has 0 aromatic rings. The first-order chi connectivity index (χ1) is 6.62. The van der Waals surface area contributed by atoms with Crippen molar-refractivity contribution in [1.82, 2.24) is 0 Å².